The fourth-order valence-corrected chi connectivity index (χ4v) is 5.27. The molecule has 1 heterocycles. The van der Waals surface area contributed by atoms with E-state index in [-0.39, 0.29) is 39.3 Å². The number of ether oxygens (including phenoxy) is 3. The highest BCUT2D eigenvalue weighted by Gasteiger charge is 2.36. The number of amides is 4. The van der Waals surface area contributed by atoms with Crippen LogP contribution in [0.1, 0.15) is 15.9 Å². The number of methoxy groups -OCH3 is 2. The lowest BCUT2D eigenvalue weighted by Crippen LogP contribution is -2.36. The summed E-state index contributed by atoms with van der Waals surface area (Å²) in [6.45, 7) is -0.868. The first-order chi connectivity index (χ1) is 21.0. The van der Waals surface area contributed by atoms with E-state index in [4.69, 9.17) is 32.7 Å². The number of esters is 1. The molecule has 0 unspecified atom stereocenters. The maximum atomic E-state index is 13.0. The first-order valence-electron chi connectivity index (χ1n) is 12.5. The van der Waals surface area contributed by atoms with Gasteiger partial charge >= 0.3 is 5.97 Å². The first-order valence-corrected chi connectivity index (χ1v) is 14.8. The summed E-state index contributed by atoms with van der Waals surface area (Å²) in [6, 6.07) is 13.9. The van der Waals surface area contributed by atoms with Crippen LogP contribution in [-0.2, 0) is 19.1 Å². The highest BCUT2D eigenvalue weighted by Crippen LogP contribution is 2.35. The molecular weight excluding hydrogens is 701 g/mol. The van der Waals surface area contributed by atoms with Crippen molar-refractivity contribution in [1.82, 2.24) is 4.90 Å². The van der Waals surface area contributed by atoms with Gasteiger partial charge in [0, 0.05) is 15.8 Å². The molecule has 4 rings (SSSR count). The van der Waals surface area contributed by atoms with Gasteiger partial charge in [0.1, 0.15) is 6.54 Å². The van der Waals surface area contributed by atoms with Crippen molar-refractivity contribution >= 4 is 97.3 Å². The van der Waals surface area contributed by atoms with E-state index in [1.807, 2.05) is 0 Å². The summed E-state index contributed by atoms with van der Waals surface area (Å²) in [5.74, 6) is -1.88. The molecule has 11 nitrogen and oxygen atoms in total. The summed E-state index contributed by atoms with van der Waals surface area (Å²) in [5.41, 5.74) is 1.28. The van der Waals surface area contributed by atoms with Crippen molar-refractivity contribution in [1.29, 1.82) is 0 Å². The average Bonchev–Trinajstić information content (AvgIpc) is 3.25. The largest absolute Gasteiger partial charge is 0.493 e. The summed E-state index contributed by atoms with van der Waals surface area (Å²) in [7, 11) is 2.61. The summed E-state index contributed by atoms with van der Waals surface area (Å²) >= 11 is 16.0. The third kappa shape index (κ3) is 8.11. The van der Waals surface area contributed by atoms with Crippen molar-refractivity contribution in [3.05, 3.63) is 85.1 Å². The average molecular weight is 723 g/mol. The summed E-state index contributed by atoms with van der Waals surface area (Å²) in [5, 5.41) is 5.16. The van der Waals surface area contributed by atoms with Gasteiger partial charge in [0.05, 0.1) is 34.7 Å². The second-order valence-corrected chi connectivity index (χ2v) is 11.5. The standard InChI is InChI=1S/C29H22BrCl2N3O8S/c1-41-23-9-15(3-8-22(23)43-14-26(37)34-17-4-6-19(30)21(32)12-17)10-24-27(38)35(29(40)44-24)13-25(36)33-16-5-7-20(31)18(11-16)28(39)42-2/h3-12H,13-14H2,1-2H3,(H,33,36)(H,34,37)/b24-10+. The molecule has 0 bridgehead atoms. The Labute approximate surface area is 273 Å². The number of nitrogens with zero attached hydrogens (tertiary/aromatic N) is 1. The maximum absolute atomic E-state index is 13.0. The normalized spacial score (nSPS) is 13.6. The second-order valence-electron chi connectivity index (χ2n) is 8.88. The predicted molar refractivity (Wildman–Crippen MR) is 170 cm³/mol. The summed E-state index contributed by atoms with van der Waals surface area (Å²) < 4.78 is 16.3. The lowest BCUT2D eigenvalue weighted by atomic mass is 10.2. The fourth-order valence-electron chi connectivity index (χ4n) is 3.81. The van der Waals surface area contributed by atoms with Crippen molar-refractivity contribution in [3.8, 4) is 11.5 Å². The zero-order valence-corrected chi connectivity index (χ0v) is 26.9. The molecule has 44 heavy (non-hydrogen) atoms. The summed E-state index contributed by atoms with van der Waals surface area (Å²) in [4.78, 5) is 63.3. The van der Waals surface area contributed by atoms with Crippen molar-refractivity contribution in [3.63, 3.8) is 0 Å². The van der Waals surface area contributed by atoms with Crippen LogP contribution in [0.25, 0.3) is 6.08 Å². The number of rotatable bonds is 10. The number of hydrogen-bond donors (Lipinski definition) is 2. The Hall–Kier alpha value is -4.04. The summed E-state index contributed by atoms with van der Waals surface area (Å²) in [6.07, 6.45) is 1.47. The van der Waals surface area contributed by atoms with Gasteiger partial charge in [-0.2, -0.15) is 0 Å². The Balaban J connectivity index is 1.38. The van der Waals surface area contributed by atoms with Gasteiger partial charge in [-0.15, -0.1) is 0 Å². The molecule has 228 valence electrons. The van der Waals surface area contributed by atoms with Crippen LogP contribution < -0.4 is 20.1 Å². The van der Waals surface area contributed by atoms with Gasteiger partial charge in [-0.3, -0.25) is 24.1 Å². The van der Waals surface area contributed by atoms with E-state index in [0.29, 0.717) is 32.5 Å². The van der Waals surface area contributed by atoms with Gasteiger partial charge in [0.25, 0.3) is 17.1 Å². The molecule has 0 aromatic heterocycles. The van der Waals surface area contributed by atoms with Crippen LogP contribution in [-0.4, -0.2) is 61.2 Å². The molecule has 1 fully saturated rings. The lowest BCUT2D eigenvalue weighted by molar-refractivity contribution is -0.127. The van der Waals surface area contributed by atoms with Crippen LogP contribution in [0.3, 0.4) is 0 Å². The van der Waals surface area contributed by atoms with E-state index in [0.717, 1.165) is 4.90 Å². The van der Waals surface area contributed by atoms with Crippen molar-refractivity contribution < 1.29 is 38.2 Å². The van der Waals surface area contributed by atoms with E-state index in [2.05, 4.69) is 31.3 Å². The zero-order valence-electron chi connectivity index (χ0n) is 22.9. The third-order valence-electron chi connectivity index (χ3n) is 5.88. The van der Waals surface area contributed by atoms with E-state index in [9.17, 15) is 24.0 Å². The number of anilines is 2. The van der Waals surface area contributed by atoms with Crippen LogP contribution in [0.4, 0.5) is 16.2 Å². The van der Waals surface area contributed by atoms with Gasteiger partial charge in [-0.1, -0.05) is 29.3 Å². The highest BCUT2D eigenvalue weighted by atomic mass is 79.9. The molecule has 1 aliphatic heterocycles. The molecule has 2 N–H and O–H groups in total. The van der Waals surface area contributed by atoms with Crippen LogP contribution in [0.15, 0.2) is 64.0 Å². The van der Waals surface area contributed by atoms with Gasteiger partial charge in [-0.25, -0.2) is 4.79 Å². The minimum absolute atomic E-state index is 0.0438. The molecular formula is C29H22BrCl2N3O8S. The fraction of sp³-hybridized carbons (Fsp3) is 0.138. The highest BCUT2D eigenvalue weighted by molar-refractivity contribution is 9.10. The molecule has 3 aromatic carbocycles. The van der Waals surface area contributed by atoms with Crippen molar-refractivity contribution in [2.45, 2.75) is 0 Å². The number of halogens is 3. The number of carbonyl (C=O) groups excluding carboxylic acids is 5. The quantitative estimate of drug-likeness (QED) is 0.184. The van der Waals surface area contributed by atoms with E-state index < -0.39 is 35.5 Å². The molecule has 0 atom stereocenters. The topological polar surface area (TPSA) is 140 Å². The van der Waals surface area contributed by atoms with Crippen LogP contribution in [0, 0.1) is 0 Å². The molecule has 4 amide bonds. The van der Waals surface area contributed by atoms with Crippen molar-refractivity contribution in [2.24, 2.45) is 0 Å². The van der Waals surface area contributed by atoms with Crippen LogP contribution in [0.5, 0.6) is 11.5 Å². The SMILES string of the molecule is COC(=O)c1cc(NC(=O)CN2C(=O)S/C(=C/c3ccc(OCC(=O)Nc4ccc(Br)c(Cl)c4)c(OC)c3)C2=O)ccc1Cl. The Bertz CT molecular complexity index is 1700. The van der Waals surface area contributed by atoms with Crippen LogP contribution >= 0.6 is 50.9 Å². The third-order valence-corrected chi connectivity index (χ3v) is 8.35. The van der Waals surface area contributed by atoms with Gasteiger partial charge in [0.15, 0.2) is 18.1 Å². The Kier molecular flexibility index (Phi) is 10.9. The predicted octanol–water partition coefficient (Wildman–Crippen LogP) is 6.24. The minimum Gasteiger partial charge on any atom is -0.493 e. The molecule has 0 radical (unpaired) electrons. The smallest absolute Gasteiger partial charge is 0.339 e. The Morgan fingerprint density at radius 2 is 1.61 bits per heavy atom. The van der Waals surface area contributed by atoms with Gasteiger partial charge in [0.2, 0.25) is 5.91 Å². The number of thioether (sulfide) groups is 1. The Morgan fingerprint density at radius 1 is 0.909 bits per heavy atom. The van der Waals surface area contributed by atoms with Crippen molar-refractivity contribution in [2.75, 3.05) is 38.0 Å². The van der Waals surface area contributed by atoms with Crippen LogP contribution in [0.2, 0.25) is 10.0 Å². The molecule has 0 saturated carbocycles. The van der Waals surface area contributed by atoms with E-state index in [1.54, 1.807) is 36.4 Å². The number of imide groups is 1. The van der Waals surface area contributed by atoms with Gasteiger partial charge in [-0.05, 0) is 87.9 Å². The molecule has 15 heteroatoms. The maximum Gasteiger partial charge on any atom is 0.339 e. The number of carbonyl (C=O) groups is 5. The Morgan fingerprint density at radius 3 is 2.32 bits per heavy atom. The second kappa shape index (κ2) is 14.6. The van der Waals surface area contributed by atoms with E-state index >= 15 is 0 Å². The monoisotopic (exact) mass is 721 g/mol. The van der Waals surface area contributed by atoms with E-state index in [1.165, 1.54) is 38.5 Å². The first kappa shape index (κ1) is 32.9. The minimum atomic E-state index is -0.689. The molecule has 1 saturated heterocycles. The number of benzene rings is 3. The van der Waals surface area contributed by atoms with Gasteiger partial charge < -0.3 is 24.8 Å². The molecule has 1 aliphatic rings. The lowest BCUT2D eigenvalue weighted by Gasteiger charge is -2.13. The molecule has 0 aliphatic carbocycles. The molecule has 3 aromatic rings. The number of hydrogen-bond acceptors (Lipinski definition) is 9. The molecule has 0 spiro atoms. The number of nitrogens with one attached hydrogen (secondary N) is 2. The zero-order chi connectivity index (χ0) is 32.0.